The first kappa shape index (κ1) is 21.6. The monoisotopic (exact) mass is 408 g/mol. The Balaban J connectivity index is 1.60. The van der Waals surface area contributed by atoms with Crippen molar-refractivity contribution in [3.8, 4) is 0 Å². The number of esters is 1. The highest BCUT2D eigenvalue weighted by Crippen LogP contribution is 2.26. The lowest BCUT2D eigenvalue weighted by Crippen LogP contribution is -2.38. The fourth-order valence-corrected chi connectivity index (χ4v) is 3.65. The van der Waals surface area contributed by atoms with Crippen molar-refractivity contribution >= 4 is 23.5 Å². The van der Waals surface area contributed by atoms with Crippen LogP contribution < -0.4 is 10.2 Å². The Hall–Kier alpha value is -3.15. The summed E-state index contributed by atoms with van der Waals surface area (Å²) in [5.74, 6) is -0.761. The van der Waals surface area contributed by atoms with Gasteiger partial charge in [-0.15, -0.1) is 0 Å². The van der Waals surface area contributed by atoms with Gasteiger partial charge in [0, 0.05) is 25.4 Å². The van der Waals surface area contributed by atoms with Gasteiger partial charge in [-0.1, -0.05) is 49.4 Å². The first-order valence-corrected chi connectivity index (χ1v) is 10.4. The van der Waals surface area contributed by atoms with Crippen molar-refractivity contribution in [3.63, 3.8) is 0 Å². The summed E-state index contributed by atoms with van der Waals surface area (Å²) in [7, 11) is 0. The summed E-state index contributed by atoms with van der Waals surface area (Å²) >= 11 is 0. The van der Waals surface area contributed by atoms with Gasteiger partial charge in [0.2, 0.25) is 5.91 Å². The second-order valence-corrected chi connectivity index (χ2v) is 7.47. The van der Waals surface area contributed by atoms with Crippen LogP contribution in [0.2, 0.25) is 0 Å². The van der Waals surface area contributed by atoms with Crippen molar-refractivity contribution in [2.24, 2.45) is 0 Å². The third-order valence-corrected chi connectivity index (χ3v) is 5.43. The third-order valence-electron chi connectivity index (χ3n) is 5.43. The highest BCUT2D eigenvalue weighted by molar-refractivity contribution is 6.04. The molecule has 1 aliphatic rings. The number of nitrogens with zero attached hydrogens (tertiary/aromatic N) is 1. The van der Waals surface area contributed by atoms with Gasteiger partial charge in [-0.05, 0) is 37.5 Å². The summed E-state index contributed by atoms with van der Waals surface area (Å²) < 4.78 is 5.42. The van der Waals surface area contributed by atoms with Crippen LogP contribution in [0.15, 0.2) is 54.6 Å². The molecule has 0 aromatic heterocycles. The van der Waals surface area contributed by atoms with Crippen LogP contribution in [0, 0.1) is 0 Å². The molecule has 0 radical (unpaired) electrons. The van der Waals surface area contributed by atoms with Gasteiger partial charge in [0.25, 0.3) is 5.91 Å². The summed E-state index contributed by atoms with van der Waals surface area (Å²) in [5.41, 5.74) is 1.99. The topological polar surface area (TPSA) is 75.7 Å². The number of benzene rings is 2. The maximum Gasteiger partial charge on any atom is 0.341 e. The van der Waals surface area contributed by atoms with Gasteiger partial charge in [0.1, 0.15) is 0 Å². The Morgan fingerprint density at radius 1 is 1.10 bits per heavy atom. The second kappa shape index (κ2) is 10.1. The van der Waals surface area contributed by atoms with E-state index in [-0.39, 0.29) is 17.7 Å². The molecule has 0 unspecified atom stereocenters. The molecule has 0 saturated carbocycles. The fourth-order valence-electron chi connectivity index (χ4n) is 3.65. The highest BCUT2D eigenvalue weighted by atomic mass is 16.5. The van der Waals surface area contributed by atoms with Crippen molar-refractivity contribution in [3.05, 3.63) is 65.7 Å². The largest absolute Gasteiger partial charge is 0.449 e. The van der Waals surface area contributed by atoms with E-state index in [2.05, 4.69) is 12.2 Å². The van der Waals surface area contributed by atoms with E-state index in [0.717, 1.165) is 18.4 Å². The number of carbonyl (C=O) groups excluding carboxylic acids is 3. The van der Waals surface area contributed by atoms with E-state index >= 15 is 0 Å². The Labute approximate surface area is 177 Å². The number of nitrogens with one attached hydrogen (secondary N) is 1. The second-order valence-electron chi connectivity index (χ2n) is 7.47. The van der Waals surface area contributed by atoms with Crippen molar-refractivity contribution in [2.75, 3.05) is 18.0 Å². The van der Waals surface area contributed by atoms with E-state index < -0.39 is 12.1 Å². The predicted molar refractivity (Wildman–Crippen MR) is 115 cm³/mol. The quantitative estimate of drug-likeness (QED) is 0.676. The molecule has 2 aromatic rings. The number of carbonyl (C=O) groups is 3. The van der Waals surface area contributed by atoms with Crippen LogP contribution in [0.4, 0.5) is 5.69 Å². The standard InChI is InChI=1S/C24H28N2O4/c1-3-18(19-10-5-4-6-11-19)16-25-23(28)17(2)30-24(29)20-12-7-8-13-21(20)26-15-9-14-22(26)27/h4-8,10-13,17-18H,3,9,14-16H2,1-2H3,(H,25,28)/t17-,18-/m1/s1. The van der Waals surface area contributed by atoms with E-state index in [1.54, 1.807) is 36.1 Å². The lowest BCUT2D eigenvalue weighted by molar-refractivity contribution is -0.129. The van der Waals surface area contributed by atoms with Gasteiger partial charge in [0.05, 0.1) is 11.3 Å². The van der Waals surface area contributed by atoms with Crippen LogP contribution in [-0.2, 0) is 14.3 Å². The highest BCUT2D eigenvalue weighted by Gasteiger charge is 2.27. The van der Waals surface area contributed by atoms with Gasteiger partial charge in [-0.25, -0.2) is 4.79 Å². The molecule has 2 atom stereocenters. The van der Waals surface area contributed by atoms with Crippen LogP contribution in [0.25, 0.3) is 0 Å². The van der Waals surface area contributed by atoms with Gasteiger partial charge < -0.3 is 15.0 Å². The first-order valence-electron chi connectivity index (χ1n) is 10.4. The Bertz CT molecular complexity index is 897. The van der Waals surface area contributed by atoms with Gasteiger partial charge in [-0.3, -0.25) is 9.59 Å². The SMILES string of the molecule is CC[C@H](CNC(=O)[C@@H](C)OC(=O)c1ccccc1N1CCCC1=O)c1ccccc1. The maximum absolute atomic E-state index is 12.7. The Morgan fingerprint density at radius 3 is 2.47 bits per heavy atom. The maximum atomic E-state index is 12.7. The third kappa shape index (κ3) is 5.06. The molecule has 6 nitrogen and oxygen atoms in total. The van der Waals surface area contributed by atoms with Crippen molar-refractivity contribution < 1.29 is 19.1 Å². The van der Waals surface area contributed by atoms with Crippen LogP contribution in [0.1, 0.15) is 54.9 Å². The number of hydrogen-bond acceptors (Lipinski definition) is 4. The summed E-state index contributed by atoms with van der Waals surface area (Å²) in [4.78, 5) is 38.9. The zero-order valence-corrected chi connectivity index (χ0v) is 17.5. The normalized spacial score (nSPS) is 15.5. The summed E-state index contributed by atoms with van der Waals surface area (Å²) in [6, 6.07) is 16.9. The zero-order chi connectivity index (χ0) is 21.5. The number of para-hydroxylation sites is 1. The molecule has 3 rings (SSSR count). The van der Waals surface area contributed by atoms with Gasteiger partial charge >= 0.3 is 5.97 Å². The molecule has 6 heteroatoms. The van der Waals surface area contributed by atoms with Gasteiger partial charge in [-0.2, -0.15) is 0 Å². The van der Waals surface area contributed by atoms with E-state index in [4.69, 9.17) is 4.74 Å². The molecule has 30 heavy (non-hydrogen) atoms. The molecular formula is C24H28N2O4. The van der Waals surface area contributed by atoms with E-state index in [9.17, 15) is 14.4 Å². The van der Waals surface area contributed by atoms with E-state index in [1.807, 2.05) is 30.3 Å². The molecule has 0 bridgehead atoms. The van der Waals surface area contributed by atoms with E-state index in [1.165, 1.54) is 0 Å². The minimum absolute atomic E-state index is 0.00689. The van der Waals surface area contributed by atoms with Crippen molar-refractivity contribution in [1.29, 1.82) is 0 Å². The van der Waals surface area contributed by atoms with Crippen LogP contribution >= 0.6 is 0 Å². The van der Waals surface area contributed by atoms with Crippen LogP contribution in [-0.4, -0.2) is 37.0 Å². The lowest BCUT2D eigenvalue weighted by atomic mass is 9.96. The van der Waals surface area contributed by atoms with Crippen molar-refractivity contribution in [1.82, 2.24) is 5.32 Å². The average molecular weight is 408 g/mol. The summed E-state index contributed by atoms with van der Waals surface area (Å²) in [6.07, 6.45) is 1.19. The number of anilines is 1. The number of amides is 2. The molecule has 2 aromatic carbocycles. The Morgan fingerprint density at radius 2 is 1.80 bits per heavy atom. The fraction of sp³-hybridized carbons (Fsp3) is 0.375. The molecule has 1 N–H and O–H groups in total. The minimum Gasteiger partial charge on any atom is -0.449 e. The molecule has 2 amide bonds. The molecular weight excluding hydrogens is 380 g/mol. The smallest absolute Gasteiger partial charge is 0.341 e. The number of rotatable bonds is 8. The predicted octanol–water partition coefficient (Wildman–Crippen LogP) is 3.67. The molecule has 1 aliphatic heterocycles. The number of ether oxygens (including phenoxy) is 1. The minimum atomic E-state index is -0.937. The molecule has 1 heterocycles. The summed E-state index contributed by atoms with van der Waals surface area (Å²) in [6.45, 7) is 4.68. The number of hydrogen-bond donors (Lipinski definition) is 1. The van der Waals surface area contributed by atoms with Gasteiger partial charge in [0.15, 0.2) is 6.10 Å². The zero-order valence-electron chi connectivity index (χ0n) is 17.5. The Kier molecular flexibility index (Phi) is 7.22. The van der Waals surface area contributed by atoms with E-state index in [0.29, 0.717) is 30.8 Å². The lowest BCUT2D eigenvalue weighted by Gasteiger charge is -2.21. The van der Waals surface area contributed by atoms with Crippen LogP contribution in [0.3, 0.4) is 0 Å². The molecule has 0 aliphatic carbocycles. The first-order chi connectivity index (χ1) is 14.5. The molecule has 1 saturated heterocycles. The molecule has 158 valence electrons. The van der Waals surface area contributed by atoms with Crippen LogP contribution in [0.5, 0.6) is 0 Å². The van der Waals surface area contributed by atoms with Crippen molar-refractivity contribution in [2.45, 2.75) is 45.1 Å². The molecule has 1 fully saturated rings. The summed E-state index contributed by atoms with van der Waals surface area (Å²) in [5, 5.41) is 2.88. The average Bonchev–Trinajstić information content (AvgIpc) is 3.20. The molecule has 0 spiro atoms.